The third-order valence-corrected chi connectivity index (χ3v) is 4.00. The molecule has 0 bridgehead atoms. The van der Waals surface area contributed by atoms with Crippen LogP contribution in [-0.4, -0.2) is 36.3 Å². The monoisotopic (exact) mass is 308 g/mol. The minimum absolute atomic E-state index is 0.311. The molecule has 2 N–H and O–H groups in total. The molecule has 0 saturated heterocycles. The number of aromatic nitrogens is 2. The summed E-state index contributed by atoms with van der Waals surface area (Å²) in [6.07, 6.45) is 2.43. The summed E-state index contributed by atoms with van der Waals surface area (Å²) in [6, 6.07) is 2.14. The van der Waals surface area contributed by atoms with E-state index in [4.69, 9.17) is 4.74 Å². The molecule has 2 aromatic heterocycles. The van der Waals surface area contributed by atoms with Crippen LogP contribution in [0, 0.1) is 6.92 Å². The minimum atomic E-state index is 0.311. The quantitative estimate of drug-likeness (QED) is 0.729. The van der Waals surface area contributed by atoms with Crippen molar-refractivity contribution in [1.82, 2.24) is 9.97 Å². The molecule has 2 aromatic rings. The van der Waals surface area contributed by atoms with Gasteiger partial charge in [-0.25, -0.2) is 4.98 Å². The molecule has 0 fully saturated rings. The zero-order valence-corrected chi connectivity index (χ0v) is 14.0. The van der Waals surface area contributed by atoms with Gasteiger partial charge in [0.15, 0.2) is 0 Å². The third-order valence-electron chi connectivity index (χ3n) is 3.05. The number of rotatable bonds is 8. The van der Waals surface area contributed by atoms with Gasteiger partial charge in [0.05, 0.1) is 11.5 Å². The summed E-state index contributed by atoms with van der Waals surface area (Å²) in [6.45, 7) is 7.93. The molecule has 0 amide bonds. The van der Waals surface area contributed by atoms with E-state index in [0.29, 0.717) is 12.1 Å². The Kier molecular flexibility index (Phi) is 5.76. The van der Waals surface area contributed by atoms with E-state index in [2.05, 4.69) is 47.4 Å². The van der Waals surface area contributed by atoms with Crippen molar-refractivity contribution in [3.63, 3.8) is 0 Å². The molecule has 0 saturated carbocycles. The van der Waals surface area contributed by atoms with Crippen LogP contribution in [0.25, 0.3) is 10.2 Å². The average molecular weight is 308 g/mol. The number of anilines is 2. The highest BCUT2D eigenvalue weighted by Gasteiger charge is 2.09. The van der Waals surface area contributed by atoms with Gasteiger partial charge in [-0.3, -0.25) is 0 Å². The van der Waals surface area contributed by atoms with E-state index in [0.717, 1.165) is 42.0 Å². The van der Waals surface area contributed by atoms with Crippen LogP contribution < -0.4 is 10.6 Å². The summed E-state index contributed by atoms with van der Waals surface area (Å²) in [4.78, 5) is 11.3. The topological polar surface area (TPSA) is 59.1 Å². The van der Waals surface area contributed by atoms with Gasteiger partial charge in [0, 0.05) is 25.1 Å². The first kappa shape index (κ1) is 16.0. The van der Waals surface area contributed by atoms with Crippen LogP contribution in [-0.2, 0) is 4.74 Å². The molecule has 0 unspecified atom stereocenters. The zero-order chi connectivity index (χ0) is 15.2. The van der Waals surface area contributed by atoms with Gasteiger partial charge in [0.25, 0.3) is 0 Å². The first-order chi connectivity index (χ1) is 10.1. The lowest BCUT2D eigenvalue weighted by atomic mass is 10.3. The van der Waals surface area contributed by atoms with Gasteiger partial charge < -0.3 is 15.4 Å². The molecule has 5 nitrogen and oxygen atoms in total. The summed E-state index contributed by atoms with van der Waals surface area (Å²) < 4.78 is 5.54. The molecule has 0 aromatic carbocycles. The van der Waals surface area contributed by atoms with Gasteiger partial charge in [-0.1, -0.05) is 0 Å². The number of aryl methyl sites for hydroxylation is 1. The highest BCUT2D eigenvalue weighted by Crippen LogP contribution is 2.29. The SMILES string of the molecule is CNc1nc(NCCCCOC(C)C)c2cc(C)sc2n1. The van der Waals surface area contributed by atoms with Crippen molar-refractivity contribution < 1.29 is 4.74 Å². The van der Waals surface area contributed by atoms with Crippen molar-refractivity contribution in [1.29, 1.82) is 0 Å². The lowest BCUT2D eigenvalue weighted by Crippen LogP contribution is -2.08. The van der Waals surface area contributed by atoms with Crippen molar-refractivity contribution >= 4 is 33.3 Å². The molecule has 0 atom stereocenters. The lowest BCUT2D eigenvalue weighted by Gasteiger charge is -2.09. The molecule has 6 heteroatoms. The molecule has 0 spiro atoms. The van der Waals surface area contributed by atoms with Crippen molar-refractivity contribution in [2.75, 3.05) is 30.8 Å². The largest absolute Gasteiger partial charge is 0.379 e. The number of hydrogen-bond donors (Lipinski definition) is 2. The maximum Gasteiger partial charge on any atom is 0.225 e. The van der Waals surface area contributed by atoms with Gasteiger partial charge >= 0.3 is 0 Å². The number of hydrogen-bond acceptors (Lipinski definition) is 6. The lowest BCUT2D eigenvalue weighted by molar-refractivity contribution is 0.0765. The Balaban J connectivity index is 1.94. The van der Waals surface area contributed by atoms with E-state index in [9.17, 15) is 0 Å². The fourth-order valence-electron chi connectivity index (χ4n) is 2.04. The molecule has 2 heterocycles. The molecular weight excluding hydrogens is 284 g/mol. The molecule has 0 aliphatic carbocycles. The van der Waals surface area contributed by atoms with Crippen molar-refractivity contribution in [3.05, 3.63) is 10.9 Å². The number of unbranched alkanes of at least 4 members (excludes halogenated alkanes) is 1. The summed E-state index contributed by atoms with van der Waals surface area (Å²) in [5.74, 6) is 1.58. The molecule has 0 aliphatic rings. The van der Waals surface area contributed by atoms with E-state index in [-0.39, 0.29) is 0 Å². The second-order valence-electron chi connectivity index (χ2n) is 5.28. The zero-order valence-electron chi connectivity index (χ0n) is 13.2. The highest BCUT2D eigenvalue weighted by atomic mass is 32.1. The highest BCUT2D eigenvalue weighted by molar-refractivity contribution is 7.18. The number of fused-ring (bicyclic) bond motifs is 1. The summed E-state index contributed by atoms with van der Waals surface area (Å²) in [5, 5.41) is 7.55. The first-order valence-corrected chi connectivity index (χ1v) is 8.23. The Morgan fingerprint density at radius 3 is 2.81 bits per heavy atom. The Morgan fingerprint density at radius 1 is 1.29 bits per heavy atom. The third kappa shape index (κ3) is 4.54. The fourth-order valence-corrected chi connectivity index (χ4v) is 2.92. The van der Waals surface area contributed by atoms with Crippen LogP contribution in [0.3, 0.4) is 0 Å². The maximum atomic E-state index is 5.54. The van der Waals surface area contributed by atoms with E-state index in [1.807, 2.05) is 7.05 Å². The van der Waals surface area contributed by atoms with Crippen molar-refractivity contribution in [2.24, 2.45) is 0 Å². The van der Waals surface area contributed by atoms with Crippen LogP contribution in [0.2, 0.25) is 0 Å². The summed E-state index contributed by atoms with van der Waals surface area (Å²) >= 11 is 1.70. The second kappa shape index (κ2) is 7.56. The molecule has 116 valence electrons. The Labute approximate surface area is 130 Å². The van der Waals surface area contributed by atoms with E-state index in [1.165, 1.54) is 4.88 Å². The molecular formula is C15H24N4OS. The van der Waals surface area contributed by atoms with E-state index < -0.39 is 0 Å². The van der Waals surface area contributed by atoms with Crippen molar-refractivity contribution in [2.45, 2.75) is 39.7 Å². The number of nitrogens with one attached hydrogen (secondary N) is 2. The van der Waals surface area contributed by atoms with Gasteiger partial charge in [-0.15, -0.1) is 11.3 Å². The standard InChI is InChI=1S/C15H24N4OS/c1-10(2)20-8-6-5-7-17-13-12-9-11(3)21-14(12)19-15(16-4)18-13/h9-10H,5-8H2,1-4H3,(H2,16,17,18,19). The van der Waals surface area contributed by atoms with Gasteiger partial charge in [-0.2, -0.15) is 4.98 Å². The first-order valence-electron chi connectivity index (χ1n) is 7.41. The van der Waals surface area contributed by atoms with Crippen LogP contribution in [0.15, 0.2) is 6.07 Å². The van der Waals surface area contributed by atoms with Crippen LogP contribution in [0.1, 0.15) is 31.6 Å². The smallest absolute Gasteiger partial charge is 0.225 e. The van der Waals surface area contributed by atoms with Gasteiger partial charge in [-0.05, 0) is 39.7 Å². The fraction of sp³-hybridized carbons (Fsp3) is 0.600. The van der Waals surface area contributed by atoms with Gasteiger partial charge in [0.2, 0.25) is 5.95 Å². The Bertz CT molecular complexity index is 582. The van der Waals surface area contributed by atoms with Crippen LogP contribution in [0.4, 0.5) is 11.8 Å². The summed E-state index contributed by atoms with van der Waals surface area (Å²) in [7, 11) is 1.84. The Morgan fingerprint density at radius 2 is 2.10 bits per heavy atom. The average Bonchev–Trinajstić information content (AvgIpc) is 2.82. The maximum absolute atomic E-state index is 5.54. The molecule has 0 aliphatic heterocycles. The number of ether oxygens (including phenoxy) is 1. The number of thiophene rings is 1. The number of nitrogens with zero attached hydrogens (tertiary/aromatic N) is 2. The molecule has 2 rings (SSSR count). The minimum Gasteiger partial charge on any atom is -0.379 e. The van der Waals surface area contributed by atoms with Crippen LogP contribution >= 0.6 is 11.3 Å². The normalized spacial score (nSPS) is 11.3. The second-order valence-corrected chi connectivity index (χ2v) is 6.51. The molecule has 0 radical (unpaired) electrons. The van der Waals surface area contributed by atoms with Crippen LogP contribution in [0.5, 0.6) is 0 Å². The molecule has 21 heavy (non-hydrogen) atoms. The van der Waals surface area contributed by atoms with Gasteiger partial charge in [0.1, 0.15) is 10.6 Å². The van der Waals surface area contributed by atoms with E-state index in [1.54, 1.807) is 11.3 Å². The summed E-state index contributed by atoms with van der Waals surface area (Å²) in [5.41, 5.74) is 0. The predicted octanol–water partition coefficient (Wildman–Crippen LogP) is 3.66. The Hall–Kier alpha value is -1.40. The van der Waals surface area contributed by atoms with E-state index >= 15 is 0 Å². The van der Waals surface area contributed by atoms with Crippen molar-refractivity contribution in [3.8, 4) is 0 Å². The predicted molar refractivity (Wildman–Crippen MR) is 90.5 cm³/mol.